The monoisotopic (exact) mass is 885 g/mol. The lowest BCUT2D eigenvalue weighted by atomic mass is 10.0. The van der Waals surface area contributed by atoms with Gasteiger partial charge in [-0.2, -0.15) is 0 Å². The van der Waals surface area contributed by atoms with E-state index >= 15 is 0 Å². The summed E-state index contributed by atoms with van der Waals surface area (Å²) in [6, 6.07) is 0. The SMILES string of the molecule is CC/C=C\C/C=C\C/C=C\CCCCCCCCCCCC(=O)OCC(COC(=O)CCCCCCCCCCCC)OC(=O)CCCCCCCCCCCCCCCCCC. The van der Waals surface area contributed by atoms with Crippen molar-refractivity contribution >= 4 is 17.9 Å². The van der Waals surface area contributed by atoms with Crippen molar-refractivity contribution in [1.82, 2.24) is 0 Å². The first-order chi connectivity index (χ1) is 31.0. The third-order valence-corrected chi connectivity index (χ3v) is 12.2. The van der Waals surface area contributed by atoms with Gasteiger partial charge in [-0.25, -0.2) is 0 Å². The number of unbranched alkanes of at least 4 members (excludes halogenated alkanes) is 33. The van der Waals surface area contributed by atoms with E-state index in [1.54, 1.807) is 0 Å². The minimum Gasteiger partial charge on any atom is -0.462 e. The number of esters is 3. The molecule has 1 atom stereocenters. The first kappa shape index (κ1) is 60.6. The Balaban J connectivity index is 4.28. The molecule has 0 radical (unpaired) electrons. The van der Waals surface area contributed by atoms with Gasteiger partial charge in [0.1, 0.15) is 13.2 Å². The number of hydrogen-bond donors (Lipinski definition) is 0. The maximum absolute atomic E-state index is 12.8. The molecule has 0 amide bonds. The van der Waals surface area contributed by atoms with Gasteiger partial charge in [0, 0.05) is 19.3 Å². The van der Waals surface area contributed by atoms with Crippen molar-refractivity contribution in [3.05, 3.63) is 36.5 Å². The number of hydrogen-bond acceptors (Lipinski definition) is 6. The van der Waals surface area contributed by atoms with Crippen LogP contribution in [0, 0.1) is 0 Å². The Labute approximate surface area is 391 Å². The van der Waals surface area contributed by atoms with Gasteiger partial charge >= 0.3 is 17.9 Å². The van der Waals surface area contributed by atoms with E-state index in [0.717, 1.165) is 77.0 Å². The molecule has 0 aliphatic heterocycles. The van der Waals surface area contributed by atoms with Crippen molar-refractivity contribution in [2.24, 2.45) is 0 Å². The Morgan fingerprint density at radius 3 is 0.968 bits per heavy atom. The molecule has 0 spiro atoms. The molecule has 0 fully saturated rings. The van der Waals surface area contributed by atoms with E-state index in [1.165, 1.54) is 173 Å². The fourth-order valence-electron chi connectivity index (χ4n) is 8.05. The largest absolute Gasteiger partial charge is 0.462 e. The third-order valence-electron chi connectivity index (χ3n) is 12.2. The van der Waals surface area contributed by atoms with Gasteiger partial charge in [0.05, 0.1) is 0 Å². The highest BCUT2D eigenvalue weighted by Crippen LogP contribution is 2.16. The summed E-state index contributed by atoms with van der Waals surface area (Å²) in [4.78, 5) is 38.0. The molecule has 0 aromatic carbocycles. The zero-order chi connectivity index (χ0) is 45.8. The number of carbonyl (C=O) groups is 3. The van der Waals surface area contributed by atoms with Crippen molar-refractivity contribution in [2.45, 2.75) is 297 Å². The molecule has 0 aliphatic carbocycles. The van der Waals surface area contributed by atoms with Crippen LogP contribution in [0.25, 0.3) is 0 Å². The van der Waals surface area contributed by atoms with Gasteiger partial charge in [-0.05, 0) is 51.4 Å². The highest BCUT2D eigenvalue weighted by molar-refractivity contribution is 5.71. The molecule has 368 valence electrons. The standard InChI is InChI=1S/C57H104O6/c1-4-7-10-13-16-19-22-24-26-28-29-30-32-33-35-38-41-44-47-50-56(59)62-53-54(52-61-55(58)49-46-43-40-37-21-18-15-12-9-6-3)63-57(60)51-48-45-42-39-36-34-31-27-25-23-20-17-14-11-8-5-2/h7,10,16,19,24,26,54H,4-6,8-9,11-15,17-18,20-23,25,27-53H2,1-3H3/b10-7-,19-16-,26-24-. The van der Waals surface area contributed by atoms with Crippen molar-refractivity contribution in [1.29, 1.82) is 0 Å². The van der Waals surface area contributed by atoms with E-state index in [9.17, 15) is 14.4 Å². The summed E-state index contributed by atoms with van der Waals surface area (Å²) in [7, 11) is 0. The molecular weight excluding hydrogens is 781 g/mol. The van der Waals surface area contributed by atoms with Crippen LogP contribution < -0.4 is 0 Å². The zero-order valence-electron chi connectivity index (χ0n) is 42.1. The van der Waals surface area contributed by atoms with Crippen LogP contribution in [0.2, 0.25) is 0 Å². The molecule has 0 saturated heterocycles. The third kappa shape index (κ3) is 50.5. The average Bonchev–Trinajstić information content (AvgIpc) is 3.28. The van der Waals surface area contributed by atoms with Crippen molar-refractivity contribution < 1.29 is 28.6 Å². The summed E-state index contributed by atoms with van der Waals surface area (Å²) in [5.74, 6) is -0.861. The Hall–Kier alpha value is -2.37. The lowest BCUT2D eigenvalue weighted by Crippen LogP contribution is -2.30. The minimum absolute atomic E-state index is 0.0692. The lowest BCUT2D eigenvalue weighted by Gasteiger charge is -2.18. The summed E-state index contributed by atoms with van der Waals surface area (Å²) < 4.78 is 16.8. The summed E-state index contributed by atoms with van der Waals surface area (Å²) in [6.07, 6.45) is 61.3. The van der Waals surface area contributed by atoms with E-state index in [-0.39, 0.29) is 31.1 Å². The van der Waals surface area contributed by atoms with Crippen molar-refractivity contribution in [3.8, 4) is 0 Å². The average molecular weight is 885 g/mol. The van der Waals surface area contributed by atoms with Crippen LogP contribution in [0.4, 0.5) is 0 Å². The Morgan fingerprint density at radius 1 is 0.333 bits per heavy atom. The highest BCUT2D eigenvalue weighted by Gasteiger charge is 2.19. The number of carbonyl (C=O) groups excluding carboxylic acids is 3. The number of allylic oxidation sites excluding steroid dienone is 6. The summed E-state index contributed by atoms with van der Waals surface area (Å²) in [6.45, 7) is 6.55. The molecule has 0 N–H and O–H groups in total. The van der Waals surface area contributed by atoms with Crippen LogP contribution in [0.5, 0.6) is 0 Å². The Morgan fingerprint density at radius 2 is 0.619 bits per heavy atom. The first-order valence-electron chi connectivity index (χ1n) is 27.5. The number of rotatable bonds is 50. The summed E-state index contributed by atoms with van der Waals surface area (Å²) in [5, 5.41) is 0. The molecular formula is C57H104O6. The fraction of sp³-hybridized carbons (Fsp3) is 0.842. The van der Waals surface area contributed by atoms with Crippen LogP contribution in [0.1, 0.15) is 290 Å². The normalized spacial score (nSPS) is 12.2. The maximum Gasteiger partial charge on any atom is 0.306 e. The second-order valence-corrected chi connectivity index (χ2v) is 18.5. The van der Waals surface area contributed by atoms with Gasteiger partial charge in [-0.3, -0.25) is 14.4 Å². The topological polar surface area (TPSA) is 78.9 Å². The Kier molecular flexibility index (Phi) is 50.3. The van der Waals surface area contributed by atoms with Gasteiger partial charge in [-0.15, -0.1) is 0 Å². The molecule has 1 unspecified atom stereocenters. The molecule has 6 nitrogen and oxygen atoms in total. The molecule has 0 rings (SSSR count). The van der Waals surface area contributed by atoms with Gasteiger partial charge in [0.25, 0.3) is 0 Å². The smallest absolute Gasteiger partial charge is 0.306 e. The second kappa shape index (κ2) is 52.3. The second-order valence-electron chi connectivity index (χ2n) is 18.5. The molecule has 0 bridgehead atoms. The molecule has 0 aliphatic rings. The van der Waals surface area contributed by atoms with E-state index in [4.69, 9.17) is 14.2 Å². The van der Waals surface area contributed by atoms with Gasteiger partial charge in [0.15, 0.2) is 6.10 Å². The molecule has 0 heterocycles. The lowest BCUT2D eigenvalue weighted by molar-refractivity contribution is -0.167. The van der Waals surface area contributed by atoms with Crippen LogP contribution in [-0.2, 0) is 28.6 Å². The van der Waals surface area contributed by atoms with Gasteiger partial charge in [-0.1, -0.05) is 256 Å². The van der Waals surface area contributed by atoms with Crippen LogP contribution in [0.15, 0.2) is 36.5 Å². The van der Waals surface area contributed by atoms with Crippen molar-refractivity contribution in [2.75, 3.05) is 13.2 Å². The molecule has 63 heavy (non-hydrogen) atoms. The molecule has 6 heteroatoms. The van der Waals surface area contributed by atoms with E-state index < -0.39 is 6.10 Å². The predicted octanol–water partition coefficient (Wildman–Crippen LogP) is 18.1. The Bertz CT molecular complexity index is 1060. The van der Waals surface area contributed by atoms with Crippen molar-refractivity contribution in [3.63, 3.8) is 0 Å². The first-order valence-corrected chi connectivity index (χ1v) is 27.5. The highest BCUT2D eigenvalue weighted by atomic mass is 16.6. The van der Waals surface area contributed by atoms with Crippen LogP contribution in [0.3, 0.4) is 0 Å². The van der Waals surface area contributed by atoms with E-state index in [2.05, 4.69) is 57.2 Å². The fourth-order valence-corrected chi connectivity index (χ4v) is 8.05. The van der Waals surface area contributed by atoms with Gasteiger partial charge < -0.3 is 14.2 Å². The van der Waals surface area contributed by atoms with Crippen LogP contribution >= 0.6 is 0 Å². The van der Waals surface area contributed by atoms with Gasteiger partial charge in [0.2, 0.25) is 0 Å². The predicted molar refractivity (Wildman–Crippen MR) is 270 cm³/mol. The van der Waals surface area contributed by atoms with Crippen LogP contribution in [-0.4, -0.2) is 37.2 Å². The molecule has 0 aromatic rings. The molecule has 0 saturated carbocycles. The van der Waals surface area contributed by atoms with E-state index in [1.807, 2.05) is 0 Å². The maximum atomic E-state index is 12.8. The summed E-state index contributed by atoms with van der Waals surface area (Å²) >= 11 is 0. The minimum atomic E-state index is -0.768. The number of ether oxygens (including phenoxy) is 3. The quantitative estimate of drug-likeness (QED) is 0.0262. The summed E-state index contributed by atoms with van der Waals surface area (Å²) in [5.41, 5.74) is 0. The molecule has 0 aromatic heterocycles. The van der Waals surface area contributed by atoms with E-state index in [0.29, 0.717) is 19.3 Å². The zero-order valence-corrected chi connectivity index (χ0v) is 42.1.